The number of nitrogens with zero attached hydrogens (tertiary/aromatic N) is 2. The van der Waals surface area contributed by atoms with Crippen molar-refractivity contribution in [2.75, 3.05) is 6.54 Å². The minimum absolute atomic E-state index is 0.0902. The minimum atomic E-state index is 0.0902. The van der Waals surface area contributed by atoms with Crippen LogP contribution in [0.25, 0.3) is 0 Å². The van der Waals surface area contributed by atoms with Crippen molar-refractivity contribution in [3.8, 4) is 0 Å². The zero-order chi connectivity index (χ0) is 12.4. The van der Waals surface area contributed by atoms with E-state index in [0.717, 1.165) is 27.7 Å². The van der Waals surface area contributed by atoms with Crippen molar-refractivity contribution in [1.29, 1.82) is 0 Å². The molecule has 1 N–H and O–H groups in total. The van der Waals surface area contributed by atoms with Crippen molar-refractivity contribution in [1.82, 2.24) is 15.1 Å². The van der Waals surface area contributed by atoms with Gasteiger partial charge in [-0.05, 0) is 30.5 Å². The third-order valence-electron chi connectivity index (χ3n) is 2.63. The maximum absolute atomic E-state index is 6.33. The van der Waals surface area contributed by atoms with Gasteiger partial charge < -0.3 is 5.32 Å². The Kier molecular flexibility index (Phi) is 3.86. The molecule has 0 aliphatic heterocycles. The van der Waals surface area contributed by atoms with Crippen LogP contribution in [0.4, 0.5) is 0 Å². The summed E-state index contributed by atoms with van der Waals surface area (Å²) < 4.78 is 1.81. The topological polar surface area (TPSA) is 29.9 Å². The monoisotopic (exact) mass is 269 g/mol. The Hall–Kier alpha value is -0.840. The molecule has 0 aromatic carbocycles. The van der Waals surface area contributed by atoms with Crippen LogP contribution in [0.5, 0.6) is 0 Å². The second-order valence-electron chi connectivity index (χ2n) is 4.00. The summed E-state index contributed by atoms with van der Waals surface area (Å²) >= 11 is 8.02. The van der Waals surface area contributed by atoms with Crippen molar-refractivity contribution < 1.29 is 0 Å². The molecule has 2 rings (SSSR count). The molecule has 0 radical (unpaired) electrons. The molecule has 0 bridgehead atoms. The molecule has 0 aliphatic carbocycles. The van der Waals surface area contributed by atoms with Crippen LogP contribution in [0.1, 0.15) is 29.1 Å². The lowest BCUT2D eigenvalue weighted by Gasteiger charge is -2.14. The standard InChI is InChI=1S/C12H16ClN3S/c1-4-14-11(9-5-6-16(3)15-9)12-10(13)8(2)7-17-12/h5-7,11,14H,4H2,1-3H3. The number of thiophene rings is 1. The van der Waals surface area contributed by atoms with E-state index in [2.05, 4.69) is 22.7 Å². The van der Waals surface area contributed by atoms with E-state index in [1.165, 1.54) is 0 Å². The molecule has 5 heteroatoms. The number of rotatable bonds is 4. The lowest BCUT2D eigenvalue weighted by molar-refractivity contribution is 0.607. The van der Waals surface area contributed by atoms with Crippen molar-refractivity contribution in [3.05, 3.63) is 38.8 Å². The molecule has 17 heavy (non-hydrogen) atoms. The van der Waals surface area contributed by atoms with E-state index in [9.17, 15) is 0 Å². The quantitative estimate of drug-likeness (QED) is 0.924. The van der Waals surface area contributed by atoms with E-state index in [1.807, 2.05) is 30.9 Å². The Balaban J connectivity index is 2.38. The van der Waals surface area contributed by atoms with E-state index in [1.54, 1.807) is 11.3 Å². The van der Waals surface area contributed by atoms with Gasteiger partial charge in [-0.2, -0.15) is 5.10 Å². The zero-order valence-corrected chi connectivity index (χ0v) is 11.8. The lowest BCUT2D eigenvalue weighted by Crippen LogP contribution is -2.22. The third-order valence-corrected chi connectivity index (χ3v) is 4.40. The van der Waals surface area contributed by atoms with Gasteiger partial charge in [0.25, 0.3) is 0 Å². The van der Waals surface area contributed by atoms with Gasteiger partial charge in [0.1, 0.15) is 0 Å². The molecule has 0 saturated heterocycles. The molecule has 1 atom stereocenters. The van der Waals surface area contributed by atoms with Crippen LogP contribution in [0.3, 0.4) is 0 Å². The van der Waals surface area contributed by atoms with E-state index in [4.69, 9.17) is 11.6 Å². The highest BCUT2D eigenvalue weighted by Gasteiger charge is 2.20. The van der Waals surface area contributed by atoms with Crippen LogP contribution in [-0.2, 0) is 7.05 Å². The van der Waals surface area contributed by atoms with Gasteiger partial charge in [0.15, 0.2) is 0 Å². The van der Waals surface area contributed by atoms with E-state index < -0.39 is 0 Å². The summed E-state index contributed by atoms with van der Waals surface area (Å²) in [5.74, 6) is 0. The first-order chi connectivity index (χ1) is 8.13. The molecular weight excluding hydrogens is 254 g/mol. The first kappa shape index (κ1) is 12.6. The Morgan fingerprint density at radius 2 is 2.35 bits per heavy atom. The molecule has 0 amide bonds. The highest BCUT2D eigenvalue weighted by Crippen LogP contribution is 2.35. The van der Waals surface area contributed by atoms with Crippen molar-refractivity contribution >= 4 is 22.9 Å². The summed E-state index contributed by atoms with van der Waals surface area (Å²) in [6.45, 7) is 5.00. The molecule has 1 unspecified atom stereocenters. The molecule has 3 nitrogen and oxygen atoms in total. The fraction of sp³-hybridized carbons (Fsp3) is 0.417. The van der Waals surface area contributed by atoms with E-state index in [0.29, 0.717) is 0 Å². The summed E-state index contributed by atoms with van der Waals surface area (Å²) in [6.07, 6.45) is 1.95. The van der Waals surface area contributed by atoms with Crippen molar-refractivity contribution in [2.24, 2.45) is 7.05 Å². The Labute approximate surface area is 110 Å². The van der Waals surface area contributed by atoms with E-state index in [-0.39, 0.29) is 6.04 Å². The molecule has 0 saturated carbocycles. The number of aromatic nitrogens is 2. The number of hydrogen-bond acceptors (Lipinski definition) is 3. The highest BCUT2D eigenvalue weighted by molar-refractivity contribution is 7.10. The van der Waals surface area contributed by atoms with Gasteiger partial charge in [-0.3, -0.25) is 4.68 Å². The predicted molar refractivity (Wildman–Crippen MR) is 72.8 cm³/mol. The van der Waals surface area contributed by atoms with Crippen molar-refractivity contribution in [2.45, 2.75) is 19.9 Å². The zero-order valence-electron chi connectivity index (χ0n) is 10.2. The summed E-state index contributed by atoms with van der Waals surface area (Å²) in [5.41, 5.74) is 2.14. The number of nitrogens with one attached hydrogen (secondary N) is 1. The van der Waals surface area contributed by atoms with Crippen LogP contribution in [-0.4, -0.2) is 16.3 Å². The van der Waals surface area contributed by atoms with Gasteiger partial charge in [0.2, 0.25) is 0 Å². The summed E-state index contributed by atoms with van der Waals surface area (Å²) in [7, 11) is 1.92. The van der Waals surface area contributed by atoms with Crippen molar-refractivity contribution in [3.63, 3.8) is 0 Å². The molecule has 2 heterocycles. The van der Waals surface area contributed by atoms with Crippen LogP contribution in [0.15, 0.2) is 17.6 Å². The second-order valence-corrected chi connectivity index (χ2v) is 5.29. The minimum Gasteiger partial charge on any atom is -0.304 e. The fourth-order valence-electron chi connectivity index (χ4n) is 1.77. The Bertz CT molecular complexity index is 504. The molecule has 0 aliphatic rings. The summed E-state index contributed by atoms with van der Waals surface area (Å²) in [6, 6.07) is 2.12. The Morgan fingerprint density at radius 1 is 1.59 bits per heavy atom. The van der Waals surface area contributed by atoms with Gasteiger partial charge in [0, 0.05) is 18.1 Å². The average Bonchev–Trinajstić information content (AvgIpc) is 2.85. The largest absolute Gasteiger partial charge is 0.304 e. The third kappa shape index (κ3) is 2.54. The number of aryl methyl sites for hydroxylation is 2. The maximum Gasteiger partial charge on any atom is 0.0878 e. The first-order valence-electron chi connectivity index (χ1n) is 5.60. The van der Waals surface area contributed by atoms with Gasteiger partial charge >= 0.3 is 0 Å². The van der Waals surface area contributed by atoms with Crippen LogP contribution in [0, 0.1) is 6.92 Å². The average molecular weight is 270 g/mol. The summed E-state index contributed by atoms with van der Waals surface area (Å²) in [4.78, 5) is 1.14. The highest BCUT2D eigenvalue weighted by atomic mass is 35.5. The fourth-order valence-corrected chi connectivity index (χ4v) is 3.16. The first-order valence-corrected chi connectivity index (χ1v) is 6.85. The van der Waals surface area contributed by atoms with Gasteiger partial charge in [-0.15, -0.1) is 11.3 Å². The smallest absolute Gasteiger partial charge is 0.0878 e. The second kappa shape index (κ2) is 5.21. The predicted octanol–water partition coefficient (Wildman–Crippen LogP) is 3.14. The summed E-state index contributed by atoms with van der Waals surface area (Å²) in [5, 5.41) is 10.8. The maximum atomic E-state index is 6.33. The van der Waals surface area contributed by atoms with Crippen LogP contribution < -0.4 is 5.32 Å². The number of hydrogen-bond donors (Lipinski definition) is 1. The van der Waals surface area contributed by atoms with Gasteiger partial charge in [0.05, 0.1) is 16.8 Å². The SMILES string of the molecule is CCNC(c1ccn(C)n1)c1scc(C)c1Cl. The molecular formula is C12H16ClN3S. The van der Waals surface area contributed by atoms with Crippen LogP contribution >= 0.6 is 22.9 Å². The molecule has 0 fully saturated rings. The number of halogens is 1. The molecule has 2 aromatic heterocycles. The molecule has 92 valence electrons. The lowest BCUT2D eigenvalue weighted by atomic mass is 10.1. The molecule has 2 aromatic rings. The molecule has 0 spiro atoms. The van der Waals surface area contributed by atoms with Gasteiger partial charge in [-0.1, -0.05) is 18.5 Å². The van der Waals surface area contributed by atoms with E-state index >= 15 is 0 Å². The van der Waals surface area contributed by atoms with Crippen LogP contribution in [0.2, 0.25) is 5.02 Å². The normalized spacial score (nSPS) is 12.9. The van der Waals surface area contributed by atoms with Gasteiger partial charge in [-0.25, -0.2) is 0 Å². The Morgan fingerprint density at radius 3 is 2.82 bits per heavy atom.